The van der Waals surface area contributed by atoms with Gasteiger partial charge in [-0.15, -0.1) is 0 Å². The number of H-pyrrole nitrogens is 1. The standard InChI is InChI=1S/C18H13ClN4OS/c1-25-18-20-15(12-7-9-13(19)10-8-12)14(11-5-3-2-4-6-11)16-21-22-17(24)23(16)18/h2-10H,1H3,(H,22,24). The topological polar surface area (TPSA) is 63.0 Å². The minimum Gasteiger partial charge on any atom is -0.246 e. The molecule has 0 unspecified atom stereocenters. The van der Waals surface area contributed by atoms with Gasteiger partial charge in [-0.05, 0) is 24.0 Å². The molecule has 124 valence electrons. The molecule has 0 aliphatic carbocycles. The average molecular weight is 369 g/mol. The summed E-state index contributed by atoms with van der Waals surface area (Å²) in [6.45, 7) is 0. The molecule has 0 fully saturated rings. The monoisotopic (exact) mass is 368 g/mol. The summed E-state index contributed by atoms with van der Waals surface area (Å²) < 4.78 is 1.51. The maximum Gasteiger partial charge on any atom is 0.349 e. The lowest BCUT2D eigenvalue weighted by molar-refractivity contribution is 0.869. The Labute approximate surface area is 152 Å². The second kappa shape index (κ2) is 6.38. The molecule has 4 aromatic rings. The van der Waals surface area contributed by atoms with Crippen molar-refractivity contribution >= 4 is 29.0 Å². The Bertz CT molecular complexity index is 1100. The number of nitrogens with one attached hydrogen (secondary N) is 1. The van der Waals surface area contributed by atoms with E-state index in [0.717, 1.165) is 22.4 Å². The Kier molecular flexibility index (Phi) is 4.07. The molecule has 5 nitrogen and oxygen atoms in total. The van der Waals surface area contributed by atoms with E-state index in [9.17, 15) is 4.79 Å². The summed E-state index contributed by atoms with van der Waals surface area (Å²) in [5.41, 5.74) is 3.68. The molecule has 4 rings (SSSR count). The normalized spacial score (nSPS) is 11.1. The van der Waals surface area contributed by atoms with E-state index >= 15 is 0 Å². The van der Waals surface area contributed by atoms with Crippen LogP contribution in [0, 0.1) is 0 Å². The zero-order valence-corrected chi connectivity index (χ0v) is 14.8. The molecule has 0 atom stereocenters. The Morgan fingerprint density at radius 3 is 2.44 bits per heavy atom. The van der Waals surface area contributed by atoms with E-state index < -0.39 is 0 Å². The van der Waals surface area contributed by atoms with Crippen molar-refractivity contribution in [1.82, 2.24) is 19.6 Å². The van der Waals surface area contributed by atoms with E-state index in [0.29, 0.717) is 15.8 Å². The lowest BCUT2D eigenvalue weighted by Crippen LogP contribution is -2.13. The zero-order chi connectivity index (χ0) is 17.4. The number of nitrogens with zero attached hydrogens (tertiary/aromatic N) is 3. The summed E-state index contributed by atoms with van der Waals surface area (Å²) in [6.07, 6.45) is 1.88. The Hall–Kier alpha value is -2.57. The summed E-state index contributed by atoms with van der Waals surface area (Å²) in [6, 6.07) is 17.3. The first-order valence-corrected chi connectivity index (χ1v) is 9.16. The third kappa shape index (κ3) is 2.73. The lowest BCUT2D eigenvalue weighted by Gasteiger charge is -2.13. The highest BCUT2D eigenvalue weighted by molar-refractivity contribution is 7.98. The van der Waals surface area contributed by atoms with Crippen LogP contribution in [-0.2, 0) is 0 Å². The smallest absolute Gasteiger partial charge is 0.246 e. The Morgan fingerprint density at radius 1 is 1.04 bits per heavy atom. The van der Waals surface area contributed by atoms with Crippen molar-refractivity contribution in [2.75, 3.05) is 6.26 Å². The van der Waals surface area contributed by atoms with Gasteiger partial charge in [-0.25, -0.2) is 19.3 Å². The van der Waals surface area contributed by atoms with Gasteiger partial charge in [0.05, 0.1) is 11.3 Å². The Morgan fingerprint density at radius 2 is 1.76 bits per heavy atom. The number of thioether (sulfide) groups is 1. The molecule has 0 aliphatic heterocycles. The maximum atomic E-state index is 12.2. The Balaban J connectivity index is 2.13. The molecule has 2 aromatic carbocycles. The van der Waals surface area contributed by atoms with Crippen molar-refractivity contribution < 1.29 is 0 Å². The van der Waals surface area contributed by atoms with Crippen LogP contribution < -0.4 is 5.69 Å². The number of halogens is 1. The second-order valence-electron chi connectivity index (χ2n) is 5.38. The molecule has 25 heavy (non-hydrogen) atoms. The highest BCUT2D eigenvalue weighted by Crippen LogP contribution is 2.35. The third-order valence-corrected chi connectivity index (χ3v) is 4.79. The van der Waals surface area contributed by atoms with E-state index in [1.807, 2.05) is 60.9 Å². The van der Waals surface area contributed by atoms with Crippen LogP contribution >= 0.6 is 23.4 Å². The summed E-state index contributed by atoms with van der Waals surface area (Å²) in [5.74, 6) is 0. The molecule has 0 saturated heterocycles. The molecule has 0 saturated carbocycles. The van der Waals surface area contributed by atoms with Gasteiger partial charge in [0, 0.05) is 10.6 Å². The van der Waals surface area contributed by atoms with Crippen LogP contribution in [0.25, 0.3) is 28.0 Å². The molecule has 0 spiro atoms. The molecular weight excluding hydrogens is 356 g/mol. The molecule has 7 heteroatoms. The van der Waals surface area contributed by atoms with Crippen LogP contribution in [-0.4, -0.2) is 25.8 Å². The summed E-state index contributed by atoms with van der Waals surface area (Å²) in [7, 11) is 0. The zero-order valence-electron chi connectivity index (χ0n) is 13.2. The minimum atomic E-state index is -0.299. The quantitative estimate of drug-likeness (QED) is 0.436. The van der Waals surface area contributed by atoms with Gasteiger partial charge in [0.25, 0.3) is 0 Å². The predicted octanol–water partition coefficient (Wildman–Crippen LogP) is 4.13. The number of fused-ring (bicyclic) bond motifs is 1. The molecule has 0 amide bonds. The molecule has 0 radical (unpaired) electrons. The van der Waals surface area contributed by atoms with Gasteiger partial charge in [0.15, 0.2) is 10.8 Å². The molecule has 0 bridgehead atoms. The molecule has 1 N–H and O–H groups in total. The van der Waals surface area contributed by atoms with E-state index in [1.165, 1.54) is 16.2 Å². The van der Waals surface area contributed by atoms with Crippen molar-refractivity contribution in [1.29, 1.82) is 0 Å². The van der Waals surface area contributed by atoms with E-state index in [2.05, 4.69) is 10.2 Å². The second-order valence-corrected chi connectivity index (χ2v) is 6.59. The third-order valence-electron chi connectivity index (χ3n) is 3.89. The minimum absolute atomic E-state index is 0.299. The van der Waals surface area contributed by atoms with Crippen molar-refractivity contribution in [2.45, 2.75) is 5.16 Å². The van der Waals surface area contributed by atoms with Gasteiger partial charge in [0.1, 0.15) is 0 Å². The van der Waals surface area contributed by atoms with Gasteiger partial charge in [0.2, 0.25) is 0 Å². The summed E-state index contributed by atoms with van der Waals surface area (Å²) in [5, 5.41) is 8.03. The fourth-order valence-electron chi connectivity index (χ4n) is 2.77. The van der Waals surface area contributed by atoms with Crippen molar-refractivity contribution in [2.24, 2.45) is 0 Å². The van der Waals surface area contributed by atoms with Crippen molar-refractivity contribution in [3.8, 4) is 22.4 Å². The van der Waals surface area contributed by atoms with E-state index in [1.54, 1.807) is 0 Å². The van der Waals surface area contributed by atoms with Gasteiger partial charge in [-0.1, -0.05) is 65.8 Å². The first-order valence-electron chi connectivity index (χ1n) is 7.55. The number of hydrogen-bond donors (Lipinski definition) is 1. The molecular formula is C18H13ClN4OS. The number of hydrogen-bond acceptors (Lipinski definition) is 4. The van der Waals surface area contributed by atoms with Crippen LogP contribution in [0.2, 0.25) is 5.02 Å². The number of aromatic nitrogens is 4. The first-order chi connectivity index (χ1) is 12.2. The first kappa shape index (κ1) is 15.9. The highest BCUT2D eigenvalue weighted by Gasteiger charge is 2.19. The van der Waals surface area contributed by atoms with Gasteiger partial charge >= 0.3 is 5.69 Å². The largest absolute Gasteiger partial charge is 0.349 e. The van der Waals surface area contributed by atoms with Gasteiger partial charge in [-0.2, -0.15) is 5.10 Å². The van der Waals surface area contributed by atoms with Crippen LogP contribution in [0.5, 0.6) is 0 Å². The number of rotatable bonds is 3. The van der Waals surface area contributed by atoms with Crippen molar-refractivity contribution in [3.05, 3.63) is 70.1 Å². The van der Waals surface area contributed by atoms with Crippen LogP contribution in [0.3, 0.4) is 0 Å². The van der Waals surface area contributed by atoms with Crippen LogP contribution in [0.4, 0.5) is 0 Å². The van der Waals surface area contributed by atoms with Gasteiger partial charge in [-0.3, -0.25) is 0 Å². The van der Waals surface area contributed by atoms with Gasteiger partial charge < -0.3 is 0 Å². The van der Waals surface area contributed by atoms with E-state index in [-0.39, 0.29) is 5.69 Å². The number of benzene rings is 2. The lowest BCUT2D eigenvalue weighted by atomic mass is 10.0. The SMILES string of the molecule is CSc1nc(-c2ccc(Cl)cc2)c(-c2ccccc2)c2n[nH]c(=O)n12. The summed E-state index contributed by atoms with van der Waals surface area (Å²) >= 11 is 7.42. The molecule has 2 aromatic heterocycles. The molecule has 2 heterocycles. The highest BCUT2D eigenvalue weighted by atomic mass is 35.5. The summed E-state index contributed by atoms with van der Waals surface area (Å²) in [4.78, 5) is 17.0. The molecule has 0 aliphatic rings. The fraction of sp³-hybridized carbons (Fsp3) is 0.0556. The van der Waals surface area contributed by atoms with Crippen LogP contribution in [0.1, 0.15) is 0 Å². The van der Waals surface area contributed by atoms with Crippen LogP contribution in [0.15, 0.2) is 64.5 Å². The van der Waals surface area contributed by atoms with E-state index in [4.69, 9.17) is 16.6 Å². The predicted molar refractivity (Wildman–Crippen MR) is 101 cm³/mol. The maximum absolute atomic E-state index is 12.2. The number of aromatic amines is 1. The average Bonchev–Trinajstić information content (AvgIpc) is 3.04. The fourth-order valence-corrected chi connectivity index (χ4v) is 3.43. The van der Waals surface area contributed by atoms with Crippen molar-refractivity contribution in [3.63, 3.8) is 0 Å².